The van der Waals surface area contributed by atoms with Crippen molar-refractivity contribution in [3.8, 4) is 0 Å². The highest BCUT2D eigenvalue weighted by molar-refractivity contribution is 5.68. The van der Waals surface area contributed by atoms with E-state index in [1.54, 1.807) is 0 Å². The highest BCUT2D eigenvalue weighted by Crippen LogP contribution is 2.33. The molecular formula is C29H41N4O3+. The number of nitrogens with zero attached hydrogens (tertiary/aromatic N) is 3. The summed E-state index contributed by atoms with van der Waals surface area (Å²) in [6, 6.07) is 13.0. The third kappa shape index (κ3) is 6.19. The molecule has 1 aromatic heterocycles. The Balaban J connectivity index is 1.21. The Bertz CT molecular complexity index is 1050. The molecule has 3 aliphatic heterocycles. The summed E-state index contributed by atoms with van der Waals surface area (Å²) in [5.74, 6) is 1.04. The molecule has 0 saturated carbocycles. The van der Waals surface area contributed by atoms with E-state index < -0.39 is 5.97 Å². The Hall–Kier alpha value is -2.64. The number of likely N-dealkylation sites (tertiary alicyclic amines) is 1. The first-order valence-electron chi connectivity index (χ1n) is 13.7. The van der Waals surface area contributed by atoms with Crippen molar-refractivity contribution in [3.05, 3.63) is 53.2 Å². The number of likely N-dealkylation sites (N-methyl/N-ethyl adjacent to an activating group) is 1. The summed E-state index contributed by atoms with van der Waals surface area (Å²) in [7, 11) is 2.32. The van der Waals surface area contributed by atoms with E-state index in [1.807, 2.05) is 0 Å². The number of carboxylic acids is 1. The van der Waals surface area contributed by atoms with Gasteiger partial charge in [-0.05, 0) is 55.0 Å². The van der Waals surface area contributed by atoms with Gasteiger partial charge in [-0.3, -0.25) is 4.79 Å². The van der Waals surface area contributed by atoms with Crippen LogP contribution in [0, 0.1) is 5.92 Å². The lowest BCUT2D eigenvalue weighted by Crippen LogP contribution is -2.45. The van der Waals surface area contributed by atoms with Crippen LogP contribution >= 0.6 is 0 Å². The van der Waals surface area contributed by atoms with Crippen LogP contribution in [0.15, 0.2) is 36.4 Å². The van der Waals surface area contributed by atoms with Crippen molar-refractivity contribution < 1.29 is 19.1 Å². The molecule has 7 heteroatoms. The molecule has 0 amide bonds. The quantitative estimate of drug-likeness (QED) is 0.516. The van der Waals surface area contributed by atoms with Crippen molar-refractivity contribution >= 4 is 17.5 Å². The third-order valence-corrected chi connectivity index (χ3v) is 8.34. The molecule has 2 N–H and O–H groups in total. The van der Waals surface area contributed by atoms with Crippen LogP contribution < -0.4 is 10.2 Å². The third-order valence-electron chi connectivity index (χ3n) is 8.34. The normalized spacial score (nSPS) is 24.7. The molecule has 194 valence electrons. The Morgan fingerprint density at radius 1 is 1.28 bits per heavy atom. The number of rotatable bonds is 9. The lowest BCUT2D eigenvalue weighted by molar-refractivity contribution is -0.900. The molecule has 3 aliphatic rings. The molecule has 2 saturated heterocycles. The zero-order chi connectivity index (χ0) is 25.0. The van der Waals surface area contributed by atoms with E-state index in [1.165, 1.54) is 29.8 Å². The molecule has 2 fully saturated rings. The number of pyridine rings is 1. The molecule has 36 heavy (non-hydrogen) atoms. The van der Waals surface area contributed by atoms with E-state index in [-0.39, 0.29) is 12.3 Å². The predicted molar refractivity (Wildman–Crippen MR) is 143 cm³/mol. The highest BCUT2D eigenvalue weighted by atomic mass is 16.5. The number of quaternary nitrogens is 1. The van der Waals surface area contributed by atoms with Gasteiger partial charge in [0.2, 0.25) is 0 Å². The van der Waals surface area contributed by atoms with Crippen molar-refractivity contribution in [1.82, 2.24) is 4.98 Å². The number of ether oxygens (including phenoxy) is 1. The molecule has 4 heterocycles. The average Bonchev–Trinajstić information content (AvgIpc) is 3.28. The van der Waals surface area contributed by atoms with Gasteiger partial charge in [0.1, 0.15) is 5.82 Å². The minimum Gasteiger partial charge on any atom is -0.481 e. The maximum Gasteiger partial charge on any atom is 0.304 e. The fourth-order valence-corrected chi connectivity index (χ4v) is 6.39. The van der Waals surface area contributed by atoms with Gasteiger partial charge in [-0.1, -0.05) is 18.2 Å². The number of aliphatic carboxylic acids is 1. The van der Waals surface area contributed by atoms with Gasteiger partial charge in [0, 0.05) is 49.3 Å². The van der Waals surface area contributed by atoms with E-state index in [9.17, 15) is 9.90 Å². The molecule has 7 nitrogen and oxygen atoms in total. The topological polar surface area (TPSA) is 74.7 Å². The number of benzene rings is 1. The molecular weight excluding hydrogens is 452 g/mol. The molecule has 2 aromatic rings. The summed E-state index contributed by atoms with van der Waals surface area (Å²) < 4.78 is 6.46. The van der Waals surface area contributed by atoms with E-state index in [0.29, 0.717) is 5.92 Å². The van der Waals surface area contributed by atoms with E-state index in [4.69, 9.17) is 9.72 Å². The lowest BCUT2D eigenvalue weighted by atomic mass is 9.93. The largest absolute Gasteiger partial charge is 0.481 e. The zero-order valence-electron chi connectivity index (χ0n) is 21.6. The molecule has 1 aromatic carbocycles. The van der Waals surface area contributed by atoms with Crippen LogP contribution in [-0.2, 0) is 22.4 Å². The SMILES string of the molecule is C[N+]1(C[C@@H](CC(=O)O)c2cccc(N3CCOCC3)c2)CC[C@@H](CCc2ccc3c(n2)NCCC3)C1. The second-order valence-electron chi connectivity index (χ2n) is 11.2. The van der Waals surface area contributed by atoms with E-state index in [2.05, 4.69) is 53.7 Å². The summed E-state index contributed by atoms with van der Waals surface area (Å²) in [4.78, 5) is 19.1. The number of fused-ring (bicyclic) bond motifs is 1. The van der Waals surface area contributed by atoms with Crippen LogP contribution in [0.25, 0.3) is 0 Å². The monoisotopic (exact) mass is 493 g/mol. The summed E-state index contributed by atoms with van der Waals surface area (Å²) in [5.41, 5.74) is 4.86. The molecule has 1 unspecified atom stereocenters. The van der Waals surface area contributed by atoms with Crippen molar-refractivity contribution in [2.45, 2.75) is 44.4 Å². The van der Waals surface area contributed by atoms with Gasteiger partial charge in [0.15, 0.2) is 0 Å². The van der Waals surface area contributed by atoms with Crippen LogP contribution in [0.1, 0.15) is 48.4 Å². The molecule has 0 spiro atoms. The number of carbonyl (C=O) groups is 1. The molecule has 0 aliphatic carbocycles. The molecule has 0 bridgehead atoms. The van der Waals surface area contributed by atoms with Crippen LogP contribution in [0.5, 0.6) is 0 Å². The van der Waals surface area contributed by atoms with E-state index >= 15 is 0 Å². The number of morpholine rings is 1. The minimum atomic E-state index is -0.716. The van der Waals surface area contributed by atoms with Gasteiger partial charge in [-0.25, -0.2) is 4.98 Å². The summed E-state index contributed by atoms with van der Waals surface area (Å²) in [6.45, 7) is 7.39. The Morgan fingerprint density at radius 3 is 2.97 bits per heavy atom. The van der Waals surface area contributed by atoms with Crippen molar-refractivity contribution in [2.75, 3.05) is 69.7 Å². The number of nitrogens with one attached hydrogen (secondary N) is 1. The Morgan fingerprint density at radius 2 is 2.14 bits per heavy atom. The second-order valence-corrected chi connectivity index (χ2v) is 11.2. The average molecular weight is 494 g/mol. The summed E-state index contributed by atoms with van der Waals surface area (Å²) in [5, 5.41) is 13.2. The summed E-state index contributed by atoms with van der Waals surface area (Å²) in [6.07, 6.45) is 5.86. The first-order chi connectivity index (χ1) is 17.5. The predicted octanol–water partition coefficient (Wildman–Crippen LogP) is 3.93. The van der Waals surface area contributed by atoms with E-state index in [0.717, 1.165) is 87.6 Å². The van der Waals surface area contributed by atoms with Crippen molar-refractivity contribution in [3.63, 3.8) is 0 Å². The van der Waals surface area contributed by atoms with Crippen LogP contribution in [0.4, 0.5) is 11.5 Å². The molecule has 0 radical (unpaired) electrons. The number of aryl methyl sites for hydroxylation is 2. The Labute approximate surface area is 215 Å². The highest BCUT2D eigenvalue weighted by Gasteiger charge is 2.37. The van der Waals surface area contributed by atoms with Crippen LogP contribution in [0.3, 0.4) is 0 Å². The Kier molecular flexibility index (Phi) is 7.77. The standard InChI is InChI=1S/C29H40N4O3/c1-33(15-11-22(20-33)7-9-26-10-8-23-5-3-12-30-29(23)31-26)21-25(19-28(34)35)24-4-2-6-27(18-24)32-13-16-36-17-14-32/h2,4,6,8,10,18,22,25H,3,5,7,9,11-17,19-21H2,1H3,(H-,30,31,34,35)/p+1/t22-,25-,33?/m1/s1. The van der Waals surface area contributed by atoms with Crippen molar-refractivity contribution in [2.24, 2.45) is 5.92 Å². The minimum absolute atomic E-state index is 0.0145. The van der Waals surface area contributed by atoms with Gasteiger partial charge < -0.3 is 24.5 Å². The molecule has 5 rings (SSSR count). The maximum absolute atomic E-state index is 11.8. The lowest BCUT2D eigenvalue weighted by Gasteiger charge is -2.34. The van der Waals surface area contributed by atoms with Crippen molar-refractivity contribution in [1.29, 1.82) is 0 Å². The number of aromatic nitrogens is 1. The van der Waals surface area contributed by atoms with Crippen LogP contribution in [0.2, 0.25) is 0 Å². The zero-order valence-corrected chi connectivity index (χ0v) is 21.6. The number of anilines is 2. The van der Waals surface area contributed by atoms with Gasteiger partial charge in [-0.15, -0.1) is 0 Å². The van der Waals surface area contributed by atoms with Gasteiger partial charge in [0.05, 0.1) is 46.3 Å². The van der Waals surface area contributed by atoms with Crippen LogP contribution in [-0.4, -0.2) is 80.1 Å². The van der Waals surface area contributed by atoms with Gasteiger partial charge >= 0.3 is 5.97 Å². The first kappa shape index (κ1) is 25.0. The first-order valence-corrected chi connectivity index (χ1v) is 13.7. The number of hydrogen-bond acceptors (Lipinski definition) is 5. The second kappa shape index (κ2) is 11.2. The number of carboxylic acid groups (broad SMARTS) is 1. The maximum atomic E-state index is 11.8. The fraction of sp³-hybridized carbons (Fsp3) is 0.586. The summed E-state index contributed by atoms with van der Waals surface area (Å²) >= 11 is 0. The van der Waals surface area contributed by atoms with Gasteiger partial charge in [-0.2, -0.15) is 0 Å². The van der Waals surface area contributed by atoms with Gasteiger partial charge in [0.25, 0.3) is 0 Å². The number of hydrogen-bond donors (Lipinski definition) is 2. The molecule has 3 atom stereocenters. The smallest absolute Gasteiger partial charge is 0.304 e. The fourth-order valence-electron chi connectivity index (χ4n) is 6.39.